The van der Waals surface area contributed by atoms with Gasteiger partial charge in [-0.1, -0.05) is 48.0 Å². The quantitative estimate of drug-likeness (QED) is 0.426. The lowest BCUT2D eigenvalue weighted by atomic mass is 10.1. The van der Waals surface area contributed by atoms with E-state index in [9.17, 15) is 13.2 Å². The van der Waals surface area contributed by atoms with Crippen LogP contribution < -0.4 is 0 Å². The first-order valence-electron chi connectivity index (χ1n) is 10.6. The van der Waals surface area contributed by atoms with Gasteiger partial charge >= 0.3 is 0 Å². The second-order valence-electron chi connectivity index (χ2n) is 7.92. The van der Waals surface area contributed by atoms with Crippen LogP contribution in [0.25, 0.3) is 0 Å². The minimum absolute atomic E-state index is 0.0645. The number of carbonyl (C=O) groups excluding carboxylic acids is 1. The van der Waals surface area contributed by atoms with Crippen molar-refractivity contribution in [2.24, 2.45) is 0 Å². The highest BCUT2D eigenvalue weighted by Gasteiger charge is 2.27. The Morgan fingerprint density at radius 2 is 1.79 bits per heavy atom. The summed E-state index contributed by atoms with van der Waals surface area (Å²) < 4.78 is 33.3. The number of benzene rings is 2. The maximum atomic E-state index is 13.3. The average molecular weight is 490 g/mol. The molecule has 3 rings (SSSR count). The third-order valence-corrected chi connectivity index (χ3v) is 7.18. The number of hydrogen-bond acceptors (Lipinski definition) is 5. The number of methoxy groups -OCH3 is 1. The van der Waals surface area contributed by atoms with E-state index in [4.69, 9.17) is 16.3 Å². The zero-order valence-corrected chi connectivity index (χ0v) is 20.5. The van der Waals surface area contributed by atoms with Crippen LogP contribution in [0.4, 0.5) is 0 Å². The van der Waals surface area contributed by atoms with Gasteiger partial charge in [-0.2, -0.15) is 0 Å². The van der Waals surface area contributed by atoms with E-state index in [1.807, 2.05) is 32.0 Å². The van der Waals surface area contributed by atoms with Crippen molar-refractivity contribution in [2.45, 2.75) is 43.9 Å². The largest absolute Gasteiger partial charge is 0.383 e. The maximum absolute atomic E-state index is 13.3. The maximum Gasteiger partial charge on any atom is 0.254 e. The van der Waals surface area contributed by atoms with Crippen LogP contribution >= 0.6 is 11.6 Å². The van der Waals surface area contributed by atoms with Crippen molar-refractivity contribution >= 4 is 27.3 Å². The lowest BCUT2D eigenvalue weighted by molar-refractivity contribution is 0.0684. The Labute approximate surface area is 199 Å². The molecule has 0 N–H and O–H groups in total. The molecule has 0 aliphatic heterocycles. The molecule has 7 nitrogen and oxygen atoms in total. The number of imidazole rings is 1. The molecule has 1 aromatic heterocycles. The van der Waals surface area contributed by atoms with E-state index in [-0.39, 0.29) is 35.9 Å². The summed E-state index contributed by atoms with van der Waals surface area (Å²) >= 11 is 6.19. The zero-order valence-electron chi connectivity index (χ0n) is 18.9. The van der Waals surface area contributed by atoms with Gasteiger partial charge in [0.15, 0.2) is 0 Å². The molecule has 9 heteroatoms. The van der Waals surface area contributed by atoms with Gasteiger partial charge in [-0.15, -0.1) is 0 Å². The SMILES string of the molecule is COCCn1c(CN(C(=O)c2ccccc2)C(C)C)cnc1S(=O)(=O)Cc1ccccc1Cl. The Balaban J connectivity index is 1.95. The molecule has 0 aliphatic rings. The molecule has 2 aromatic carbocycles. The molecular formula is C24H28ClN3O4S. The van der Waals surface area contributed by atoms with E-state index in [1.165, 1.54) is 6.20 Å². The van der Waals surface area contributed by atoms with E-state index in [0.29, 0.717) is 28.5 Å². The number of amides is 1. The normalized spacial score (nSPS) is 11.7. The summed E-state index contributed by atoms with van der Waals surface area (Å²) in [5, 5.41) is 0.320. The minimum Gasteiger partial charge on any atom is -0.383 e. The van der Waals surface area contributed by atoms with Crippen LogP contribution in [0.2, 0.25) is 5.02 Å². The molecule has 3 aromatic rings. The highest BCUT2D eigenvalue weighted by molar-refractivity contribution is 7.90. The van der Waals surface area contributed by atoms with Crippen LogP contribution in [-0.4, -0.2) is 48.5 Å². The molecule has 1 amide bonds. The van der Waals surface area contributed by atoms with Gasteiger partial charge in [0.1, 0.15) is 0 Å². The number of halogens is 1. The molecule has 33 heavy (non-hydrogen) atoms. The standard InChI is InChI=1S/C24H28ClN3O4S/c1-18(2)28(23(29)19-9-5-4-6-10-19)16-21-15-26-24(27(21)13-14-32-3)33(30,31)17-20-11-7-8-12-22(20)25/h4-12,15,18H,13-14,16-17H2,1-3H3. The zero-order chi connectivity index (χ0) is 24.0. The van der Waals surface area contributed by atoms with Crippen LogP contribution in [0.1, 0.15) is 35.5 Å². The van der Waals surface area contributed by atoms with Gasteiger partial charge in [-0.05, 0) is 37.6 Å². The third-order valence-electron chi connectivity index (χ3n) is 5.24. The number of hydrogen-bond donors (Lipinski definition) is 0. The third kappa shape index (κ3) is 6.01. The smallest absolute Gasteiger partial charge is 0.254 e. The number of nitrogens with zero attached hydrogens (tertiary/aromatic N) is 3. The summed E-state index contributed by atoms with van der Waals surface area (Å²) in [6, 6.07) is 15.7. The molecule has 0 saturated carbocycles. The Hall–Kier alpha value is -2.68. The van der Waals surface area contributed by atoms with Crippen molar-refractivity contribution in [3.63, 3.8) is 0 Å². The molecule has 0 saturated heterocycles. The van der Waals surface area contributed by atoms with Crippen LogP contribution in [0.15, 0.2) is 66.0 Å². The van der Waals surface area contributed by atoms with Gasteiger partial charge in [0.2, 0.25) is 15.0 Å². The fraction of sp³-hybridized carbons (Fsp3) is 0.333. The van der Waals surface area contributed by atoms with Crippen LogP contribution in [0, 0.1) is 0 Å². The first kappa shape index (κ1) is 25.0. The van der Waals surface area contributed by atoms with Gasteiger partial charge < -0.3 is 14.2 Å². The predicted octanol–water partition coefficient (Wildman–Crippen LogP) is 4.21. The lowest BCUT2D eigenvalue weighted by Crippen LogP contribution is -2.37. The summed E-state index contributed by atoms with van der Waals surface area (Å²) in [5.74, 6) is -0.405. The second kappa shape index (κ2) is 11.0. The van der Waals surface area contributed by atoms with Crippen molar-refractivity contribution < 1.29 is 17.9 Å². The summed E-state index contributed by atoms with van der Waals surface area (Å²) in [6.45, 7) is 4.64. The Morgan fingerprint density at radius 3 is 2.42 bits per heavy atom. The molecule has 1 heterocycles. The summed E-state index contributed by atoms with van der Waals surface area (Å²) in [4.78, 5) is 19.1. The highest BCUT2D eigenvalue weighted by atomic mass is 35.5. The van der Waals surface area contributed by atoms with Crippen LogP contribution in [0.5, 0.6) is 0 Å². The average Bonchev–Trinajstić information content (AvgIpc) is 3.21. The second-order valence-corrected chi connectivity index (χ2v) is 10.2. The molecule has 0 bridgehead atoms. The number of sulfone groups is 1. The van der Waals surface area contributed by atoms with E-state index >= 15 is 0 Å². The summed E-state index contributed by atoms with van der Waals surface area (Å²) in [7, 11) is -2.25. The van der Waals surface area contributed by atoms with E-state index in [0.717, 1.165) is 0 Å². The Kier molecular flexibility index (Phi) is 8.29. The van der Waals surface area contributed by atoms with Gasteiger partial charge in [-0.3, -0.25) is 4.79 Å². The molecule has 0 radical (unpaired) electrons. The van der Waals surface area contributed by atoms with Gasteiger partial charge in [0.25, 0.3) is 5.91 Å². The van der Waals surface area contributed by atoms with Gasteiger partial charge in [0, 0.05) is 30.3 Å². The van der Waals surface area contributed by atoms with Crippen LogP contribution in [-0.2, 0) is 33.4 Å². The van der Waals surface area contributed by atoms with Crippen molar-refractivity contribution in [2.75, 3.05) is 13.7 Å². The van der Waals surface area contributed by atoms with Gasteiger partial charge in [-0.25, -0.2) is 13.4 Å². The highest BCUT2D eigenvalue weighted by Crippen LogP contribution is 2.23. The number of carbonyl (C=O) groups is 1. The summed E-state index contributed by atoms with van der Waals surface area (Å²) in [6.07, 6.45) is 1.52. The summed E-state index contributed by atoms with van der Waals surface area (Å²) in [5.41, 5.74) is 1.69. The number of aromatic nitrogens is 2. The van der Waals surface area contributed by atoms with Crippen molar-refractivity contribution in [1.82, 2.24) is 14.5 Å². The monoisotopic (exact) mass is 489 g/mol. The van der Waals surface area contributed by atoms with E-state index in [1.54, 1.807) is 53.0 Å². The lowest BCUT2D eigenvalue weighted by Gasteiger charge is -2.27. The first-order valence-corrected chi connectivity index (χ1v) is 12.6. The van der Waals surface area contributed by atoms with Crippen molar-refractivity contribution in [3.05, 3.63) is 82.6 Å². The Bertz CT molecular complexity index is 1190. The molecule has 0 unspecified atom stereocenters. The van der Waals surface area contributed by atoms with E-state index < -0.39 is 9.84 Å². The number of ether oxygens (including phenoxy) is 1. The van der Waals surface area contributed by atoms with Gasteiger partial charge in [0.05, 0.1) is 30.8 Å². The molecule has 0 fully saturated rings. The van der Waals surface area contributed by atoms with E-state index in [2.05, 4.69) is 4.98 Å². The predicted molar refractivity (Wildman–Crippen MR) is 128 cm³/mol. The molecular weight excluding hydrogens is 462 g/mol. The van der Waals surface area contributed by atoms with Crippen molar-refractivity contribution in [3.8, 4) is 0 Å². The molecule has 0 atom stereocenters. The fourth-order valence-electron chi connectivity index (χ4n) is 3.48. The van der Waals surface area contributed by atoms with Crippen molar-refractivity contribution in [1.29, 1.82) is 0 Å². The topological polar surface area (TPSA) is 81.5 Å². The fourth-order valence-corrected chi connectivity index (χ4v) is 5.31. The molecule has 0 spiro atoms. The number of rotatable bonds is 10. The minimum atomic E-state index is -3.80. The first-order chi connectivity index (χ1) is 15.7. The molecule has 176 valence electrons. The Morgan fingerprint density at radius 1 is 1.12 bits per heavy atom. The van der Waals surface area contributed by atoms with Crippen LogP contribution in [0.3, 0.4) is 0 Å². The molecule has 0 aliphatic carbocycles.